The molecular formula is C17H17N3O7S. The minimum Gasteiger partial charge on any atom is -0.506 e. The molecular weight excluding hydrogens is 390 g/mol. The molecule has 1 saturated carbocycles. The summed E-state index contributed by atoms with van der Waals surface area (Å²) >= 11 is 0. The van der Waals surface area contributed by atoms with Crippen molar-refractivity contribution in [1.82, 2.24) is 0 Å². The molecule has 0 heterocycles. The summed E-state index contributed by atoms with van der Waals surface area (Å²) in [5.74, 6) is -1.49. The van der Waals surface area contributed by atoms with Crippen molar-refractivity contribution in [3.8, 4) is 11.5 Å². The third-order valence-corrected chi connectivity index (χ3v) is 5.61. The van der Waals surface area contributed by atoms with Crippen LogP contribution in [0.15, 0.2) is 47.4 Å². The highest BCUT2D eigenvalue weighted by Crippen LogP contribution is 2.36. The monoisotopic (exact) mass is 407 g/mol. The molecule has 0 aromatic heterocycles. The van der Waals surface area contributed by atoms with Crippen LogP contribution in [0.5, 0.6) is 11.5 Å². The van der Waals surface area contributed by atoms with Crippen LogP contribution in [0.4, 0.5) is 11.4 Å². The molecule has 148 valence electrons. The van der Waals surface area contributed by atoms with Gasteiger partial charge in [-0.1, -0.05) is 12.1 Å². The molecule has 3 N–H and O–H groups in total. The maximum absolute atomic E-state index is 12.7. The average Bonchev–Trinajstić information content (AvgIpc) is 3.45. The minimum absolute atomic E-state index is 0.104. The number of sulfonamides is 1. The molecule has 11 heteroatoms. The lowest BCUT2D eigenvalue weighted by Crippen LogP contribution is -2.19. The number of methoxy groups -OCH3 is 1. The van der Waals surface area contributed by atoms with Gasteiger partial charge in [0.2, 0.25) is 11.9 Å². The van der Waals surface area contributed by atoms with E-state index in [1.54, 1.807) is 18.2 Å². The van der Waals surface area contributed by atoms with E-state index in [1.807, 2.05) is 0 Å². The number of hydrogen-bond acceptors (Lipinski definition) is 7. The highest BCUT2D eigenvalue weighted by molar-refractivity contribution is 7.92. The number of carbonyl (C=O) groups is 1. The Kier molecular flexibility index (Phi) is 5.10. The predicted octanol–water partition coefficient (Wildman–Crippen LogP) is 1.81. The summed E-state index contributed by atoms with van der Waals surface area (Å²) in [6.07, 6.45) is 0.104. The molecule has 2 atom stereocenters. The zero-order valence-electron chi connectivity index (χ0n) is 14.7. The Balaban J connectivity index is 1.82. The third kappa shape index (κ3) is 3.98. The van der Waals surface area contributed by atoms with Crippen molar-refractivity contribution in [3.63, 3.8) is 0 Å². The molecule has 28 heavy (non-hydrogen) atoms. The number of nitrogens with one attached hydrogen (secondary N) is 2. The molecule has 1 aliphatic rings. The van der Waals surface area contributed by atoms with Crippen molar-refractivity contribution in [2.45, 2.75) is 17.4 Å². The largest absolute Gasteiger partial charge is 0.506 e. The van der Waals surface area contributed by atoms with Crippen molar-refractivity contribution >= 4 is 27.3 Å². The van der Waals surface area contributed by atoms with Crippen LogP contribution in [0.2, 0.25) is 0 Å². The van der Waals surface area contributed by atoms with Crippen LogP contribution in [-0.2, 0) is 14.8 Å². The van der Waals surface area contributed by atoms with Crippen LogP contribution in [-0.4, -0.2) is 37.5 Å². The first-order valence-corrected chi connectivity index (χ1v) is 9.64. The van der Waals surface area contributed by atoms with Gasteiger partial charge in [-0.25, -0.2) is 8.42 Å². The Labute approximate surface area is 160 Å². The number of phenolic OH excluding ortho intramolecular Hbond substituents is 1. The predicted molar refractivity (Wildman–Crippen MR) is 99.4 cm³/mol. The fraction of sp³-hybridized carbons (Fsp3) is 0.235. The van der Waals surface area contributed by atoms with Crippen LogP contribution in [0, 0.1) is 16.0 Å². The quantitative estimate of drug-likeness (QED) is 0.360. The SMILES string of the molecule is COc1ccccc1NS(=O)(=O)c1ccc(O)c(NC(=O)[C@@H]2C[C@@H]2[N+](=O)[O-])c1. The lowest BCUT2D eigenvalue weighted by Gasteiger charge is -2.13. The number of ether oxygens (including phenoxy) is 1. The Hall–Kier alpha value is -3.34. The number of para-hydroxylation sites is 2. The van der Waals surface area contributed by atoms with Crippen molar-refractivity contribution in [2.24, 2.45) is 5.92 Å². The number of hydrogen-bond donors (Lipinski definition) is 3. The first-order valence-electron chi connectivity index (χ1n) is 8.16. The zero-order chi connectivity index (χ0) is 20.5. The van der Waals surface area contributed by atoms with Gasteiger partial charge >= 0.3 is 0 Å². The van der Waals surface area contributed by atoms with Crippen LogP contribution in [0.25, 0.3) is 0 Å². The number of nitro groups is 1. The number of anilines is 2. The van der Waals surface area contributed by atoms with Gasteiger partial charge in [0, 0.05) is 11.3 Å². The second kappa shape index (κ2) is 7.35. The van der Waals surface area contributed by atoms with Crippen LogP contribution >= 0.6 is 0 Å². The summed E-state index contributed by atoms with van der Waals surface area (Å²) in [6, 6.07) is 8.82. The number of aromatic hydroxyl groups is 1. The van der Waals surface area contributed by atoms with E-state index in [-0.39, 0.29) is 28.4 Å². The smallest absolute Gasteiger partial charge is 0.262 e. The van der Waals surface area contributed by atoms with E-state index >= 15 is 0 Å². The minimum atomic E-state index is -4.05. The topological polar surface area (TPSA) is 148 Å². The molecule has 0 saturated heterocycles. The zero-order valence-corrected chi connectivity index (χ0v) is 15.5. The van der Waals surface area contributed by atoms with Gasteiger partial charge in [0.1, 0.15) is 17.4 Å². The number of phenols is 1. The van der Waals surface area contributed by atoms with Gasteiger partial charge in [0.05, 0.1) is 23.4 Å². The molecule has 1 aliphatic carbocycles. The van der Waals surface area contributed by atoms with Gasteiger partial charge in [-0.3, -0.25) is 19.6 Å². The molecule has 0 aliphatic heterocycles. The standard InChI is InChI=1S/C17H17N3O7S/c1-27-16-5-3-2-4-12(16)19-28(25,26)10-6-7-15(21)13(8-10)18-17(22)11-9-14(11)20(23)24/h2-8,11,14,19,21H,9H2,1H3,(H,18,22)/t11-,14+/m1/s1. The molecule has 10 nitrogen and oxygen atoms in total. The van der Waals surface area contributed by atoms with E-state index in [1.165, 1.54) is 19.2 Å². The maximum atomic E-state index is 12.7. The molecule has 3 rings (SSSR count). The highest BCUT2D eigenvalue weighted by atomic mass is 32.2. The van der Waals surface area contributed by atoms with Gasteiger partial charge in [-0.05, 0) is 30.3 Å². The summed E-state index contributed by atoms with van der Waals surface area (Å²) < 4.78 is 32.8. The molecule has 0 bridgehead atoms. The van der Waals surface area contributed by atoms with E-state index in [4.69, 9.17) is 4.74 Å². The maximum Gasteiger partial charge on any atom is 0.262 e. The molecule has 0 radical (unpaired) electrons. The summed E-state index contributed by atoms with van der Waals surface area (Å²) in [6.45, 7) is 0. The van der Waals surface area contributed by atoms with E-state index in [2.05, 4.69) is 10.0 Å². The summed E-state index contributed by atoms with van der Waals surface area (Å²) in [5, 5.41) is 22.9. The Morgan fingerprint density at radius 1 is 1.25 bits per heavy atom. The van der Waals surface area contributed by atoms with Crippen molar-refractivity contribution < 1.29 is 28.0 Å². The Bertz CT molecular complexity index is 1040. The Morgan fingerprint density at radius 2 is 1.96 bits per heavy atom. The first kappa shape index (κ1) is 19.4. The molecule has 1 amide bonds. The number of carbonyl (C=O) groups excluding carboxylic acids is 1. The lowest BCUT2D eigenvalue weighted by molar-refractivity contribution is -0.497. The summed E-state index contributed by atoms with van der Waals surface area (Å²) in [7, 11) is -2.65. The molecule has 1 fully saturated rings. The third-order valence-electron chi connectivity index (χ3n) is 4.25. The van der Waals surface area contributed by atoms with Crippen LogP contribution < -0.4 is 14.8 Å². The van der Waals surface area contributed by atoms with E-state index in [0.717, 1.165) is 12.1 Å². The number of benzene rings is 2. The number of nitrogens with zero attached hydrogens (tertiary/aromatic N) is 1. The number of amides is 1. The summed E-state index contributed by atoms with van der Waals surface area (Å²) in [5.41, 5.74) is 0.0670. The first-order chi connectivity index (χ1) is 13.2. The molecule has 2 aromatic rings. The molecule has 2 aromatic carbocycles. The van der Waals surface area contributed by atoms with Gasteiger partial charge in [-0.2, -0.15) is 0 Å². The lowest BCUT2D eigenvalue weighted by atomic mass is 10.2. The van der Waals surface area contributed by atoms with Crippen molar-refractivity contribution in [3.05, 3.63) is 52.6 Å². The molecule has 0 spiro atoms. The van der Waals surface area contributed by atoms with E-state index in [9.17, 15) is 28.4 Å². The normalized spacial score (nSPS) is 18.2. The molecule has 0 unspecified atom stereocenters. The fourth-order valence-corrected chi connectivity index (χ4v) is 3.73. The van der Waals surface area contributed by atoms with Crippen LogP contribution in [0.1, 0.15) is 6.42 Å². The highest BCUT2D eigenvalue weighted by Gasteiger charge is 2.53. The second-order valence-corrected chi connectivity index (χ2v) is 7.85. The number of rotatable bonds is 7. The van der Waals surface area contributed by atoms with Crippen LogP contribution in [0.3, 0.4) is 0 Å². The van der Waals surface area contributed by atoms with Gasteiger partial charge in [0.25, 0.3) is 10.0 Å². The van der Waals surface area contributed by atoms with E-state index < -0.39 is 32.8 Å². The van der Waals surface area contributed by atoms with Gasteiger partial charge in [-0.15, -0.1) is 0 Å². The summed E-state index contributed by atoms with van der Waals surface area (Å²) in [4.78, 5) is 22.0. The van der Waals surface area contributed by atoms with Crippen molar-refractivity contribution in [1.29, 1.82) is 0 Å². The van der Waals surface area contributed by atoms with E-state index in [0.29, 0.717) is 5.75 Å². The average molecular weight is 407 g/mol. The van der Waals surface area contributed by atoms with Crippen molar-refractivity contribution in [2.75, 3.05) is 17.1 Å². The fourth-order valence-electron chi connectivity index (χ4n) is 2.64. The Morgan fingerprint density at radius 3 is 2.61 bits per heavy atom. The second-order valence-electron chi connectivity index (χ2n) is 6.17. The van der Waals surface area contributed by atoms with Gasteiger partial charge in [0.15, 0.2) is 0 Å². The van der Waals surface area contributed by atoms with Gasteiger partial charge < -0.3 is 15.2 Å².